The molecule has 3 rings (SSSR count). The van der Waals surface area contributed by atoms with Gasteiger partial charge in [0.15, 0.2) is 26.6 Å². The molecule has 98 valence electrons. The van der Waals surface area contributed by atoms with E-state index in [4.69, 9.17) is 16.0 Å². The molecule has 0 radical (unpaired) electrons. The molecule has 0 aliphatic rings. The van der Waals surface area contributed by atoms with Crippen LogP contribution in [-0.2, 0) is 9.84 Å². The molecule has 0 aliphatic carbocycles. The molecule has 0 bridgehead atoms. The maximum Gasteiger partial charge on any atom is 0.194 e. The fourth-order valence-electron chi connectivity index (χ4n) is 1.86. The van der Waals surface area contributed by atoms with Crippen molar-refractivity contribution in [2.45, 2.75) is 4.90 Å². The van der Waals surface area contributed by atoms with Crippen LogP contribution < -0.4 is 0 Å². The minimum atomic E-state index is -3.33. The maximum absolute atomic E-state index is 11.7. The first kappa shape index (κ1) is 12.3. The number of aromatic amines is 1. The topological polar surface area (TPSA) is 76.0 Å². The second kappa shape index (κ2) is 4.11. The third-order valence-corrected chi connectivity index (χ3v) is 4.01. The van der Waals surface area contributed by atoms with Gasteiger partial charge in [-0.3, -0.25) is 0 Å². The lowest BCUT2D eigenvalue weighted by Crippen LogP contribution is -1.97. The number of nitrogens with one attached hydrogen (secondary N) is 1. The molecular weight excluding hydrogens is 288 g/mol. The van der Waals surface area contributed by atoms with Gasteiger partial charge in [-0.25, -0.2) is 13.4 Å². The molecule has 0 unspecified atom stereocenters. The van der Waals surface area contributed by atoms with Crippen LogP contribution in [0.15, 0.2) is 39.6 Å². The molecule has 0 aliphatic heterocycles. The number of benzene rings is 1. The molecule has 2 aromatic heterocycles. The SMILES string of the molecule is CS(=O)(=O)c1cccc2[nH]c(-c3ccc(Cl)o3)nc12. The first-order chi connectivity index (χ1) is 8.95. The second-order valence-electron chi connectivity index (χ2n) is 4.11. The van der Waals surface area contributed by atoms with Gasteiger partial charge < -0.3 is 9.40 Å². The van der Waals surface area contributed by atoms with E-state index in [1.807, 2.05) is 0 Å². The van der Waals surface area contributed by atoms with Crippen LogP contribution in [0.5, 0.6) is 0 Å². The molecule has 5 nitrogen and oxygen atoms in total. The van der Waals surface area contributed by atoms with Crippen LogP contribution in [0.3, 0.4) is 0 Å². The highest BCUT2D eigenvalue weighted by Gasteiger charge is 2.16. The molecule has 3 aromatic rings. The smallest absolute Gasteiger partial charge is 0.194 e. The zero-order valence-corrected chi connectivity index (χ0v) is 11.4. The van der Waals surface area contributed by atoms with E-state index < -0.39 is 9.84 Å². The number of fused-ring (bicyclic) bond motifs is 1. The Morgan fingerprint density at radius 1 is 1.26 bits per heavy atom. The summed E-state index contributed by atoms with van der Waals surface area (Å²) in [6.45, 7) is 0. The van der Waals surface area contributed by atoms with Crippen LogP contribution in [0.1, 0.15) is 0 Å². The Morgan fingerprint density at radius 3 is 2.68 bits per heavy atom. The van der Waals surface area contributed by atoms with E-state index in [9.17, 15) is 8.42 Å². The summed E-state index contributed by atoms with van der Waals surface area (Å²) in [7, 11) is -3.33. The zero-order valence-electron chi connectivity index (χ0n) is 9.84. The van der Waals surface area contributed by atoms with Gasteiger partial charge in [0.25, 0.3) is 0 Å². The molecule has 0 spiro atoms. The van der Waals surface area contributed by atoms with Gasteiger partial charge in [0.2, 0.25) is 0 Å². The lowest BCUT2D eigenvalue weighted by Gasteiger charge is -1.97. The van der Waals surface area contributed by atoms with Gasteiger partial charge in [-0.1, -0.05) is 6.07 Å². The van der Waals surface area contributed by atoms with E-state index >= 15 is 0 Å². The molecule has 0 saturated heterocycles. The van der Waals surface area contributed by atoms with E-state index in [1.165, 1.54) is 6.07 Å². The first-order valence-electron chi connectivity index (χ1n) is 5.39. The Morgan fingerprint density at radius 2 is 2.05 bits per heavy atom. The summed E-state index contributed by atoms with van der Waals surface area (Å²) >= 11 is 5.71. The van der Waals surface area contributed by atoms with Crippen LogP contribution >= 0.6 is 11.6 Å². The largest absolute Gasteiger partial charge is 0.441 e. The van der Waals surface area contributed by atoms with Crippen LogP contribution in [0.25, 0.3) is 22.6 Å². The van der Waals surface area contributed by atoms with Gasteiger partial charge in [0.1, 0.15) is 5.52 Å². The van der Waals surface area contributed by atoms with Crippen molar-refractivity contribution < 1.29 is 12.8 Å². The molecule has 0 fully saturated rings. The average molecular weight is 297 g/mol. The van der Waals surface area contributed by atoms with Crippen molar-refractivity contribution in [2.75, 3.05) is 6.26 Å². The first-order valence-corrected chi connectivity index (χ1v) is 7.66. The third-order valence-electron chi connectivity index (χ3n) is 2.68. The zero-order chi connectivity index (χ0) is 13.6. The van der Waals surface area contributed by atoms with Crippen LogP contribution in [0.2, 0.25) is 5.22 Å². The molecule has 2 heterocycles. The van der Waals surface area contributed by atoms with Gasteiger partial charge in [-0.2, -0.15) is 0 Å². The number of hydrogen-bond acceptors (Lipinski definition) is 4. The van der Waals surface area contributed by atoms with Crippen molar-refractivity contribution in [3.63, 3.8) is 0 Å². The van der Waals surface area contributed by atoms with Crippen molar-refractivity contribution in [3.05, 3.63) is 35.6 Å². The van der Waals surface area contributed by atoms with Crippen LogP contribution in [-0.4, -0.2) is 24.6 Å². The lowest BCUT2D eigenvalue weighted by atomic mass is 10.3. The Hall–Kier alpha value is -1.79. The van der Waals surface area contributed by atoms with Gasteiger partial charge in [-0.05, 0) is 35.9 Å². The van der Waals surface area contributed by atoms with E-state index in [0.717, 1.165) is 6.26 Å². The van der Waals surface area contributed by atoms with Crippen molar-refractivity contribution in [2.24, 2.45) is 0 Å². The Balaban J connectivity index is 2.27. The minimum absolute atomic E-state index is 0.185. The Labute approximate surface area is 114 Å². The molecule has 19 heavy (non-hydrogen) atoms. The fraction of sp³-hybridized carbons (Fsp3) is 0.0833. The Kier molecular flexibility index (Phi) is 2.65. The molecule has 0 amide bonds. The Bertz CT molecular complexity index is 864. The average Bonchev–Trinajstić information content (AvgIpc) is 2.92. The maximum atomic E-state index is 11.7. The van der Waals surface area contributed by atoms with Crippen LogP contribution in [0, 0.1) is 0 Å². The number of imidazole rings is 1. The molecular formula is C12H9ClN2O3S. The van der Waals surface area contributed by atoms with Gasteiger partial charge in [-0.15, -0.1) is 0 Å². The molecule has 0 saturated carbocycles. The summed E-state index contributed by atoms with van der Waals surface area (Å²) in [6, 6.07) is 8.21. The van der Waals surface area contributed by atoms with E-state index in [0.29, 0.717) is 22.6 Å². The highest BCUT2D eigenvalue weighted by molar-refractivity contribution is 7.91. The normalized spacial score (nSPS) is 12.1. The molecule has 7 heteroatoms. The fourth-order valence-corrected chi connectivity index (χ4v) is 2.84. The predicted octanol–water partition coefficient (Wildman–Crippen LogP) is 2.88. The quantitative estimate of drug-likeness (QED) is 0.789. The second-order valence-corrected chi connectivity index (χ2v) is 6.47. The summed E-state index contributed by atoms with van der Waals surface area (Å²) in [5, 5.41) is 0.249. The molecule has 1 N–H and O–H groups in total. The van der Waals surface area contributed by atoms with Crippen molar-refractivity contribution in [3.8, 4) is 11.6 Å². The molecule has 0 atom stereocenters. The number of rotatable bonds is 2. The third kappa shape index (κ3) is 2.13. The summed E-state index contributed by atoms with van der Waals surface area (Å²) in [5.74, 6) is 0.902. The van der Waals surface area contributed by atoms with E-state index in [1.54, 1.807) is 24.3 Å². The highest BCUT2D eigenvalue weighted by atomic mass is 35.5. The van der Waals surface area contributed by atoms with Crippen molar-refractivity contribution in [1.29, 1.82) is 0 Å². The number of para-hydroxylation sites is 1. The van der Waals surface area contributed by atoms with E-state index in [-0.39, 0.29) is 10.1 Å². The number of halogens is 1. The summed E-state index contributed by atoms with van der Waals surface area (Å²) < 4.78 is 28.6. The van der Waals surface area contributed by atoms with Crippen LogP contribution in [0.4, 0.5) is 0 Å². The standard InChI is InChI=1S/C12H9ClN2O3S/c1-19(16,17)9-4-2-3-7-11(9)15-12(14-7)8-5-6-10(13)18-8/h2-6H,1H3,(H,14,15). The number of hydrogen-bond donors (Lipinski definition) is 1. The number of furan rings is 1. The number of H-pyrrole nitrogens is 1. The predicted molar refractivity (Wildman–Crippen MR) is 71.9 cm³/mol. The number of nitrogens with zero attached hydrogens (tertiary/aromatic N) is 1. The summed E-state index contributed by atoms with van der Waals surface area (Å²) in [4.78, 5) is 7.47. The molecule has 1 aromatic carbocycles. The summed E-state index contributed by atoms with van der Waals surface area (Å²) in [6.07, 6.45) is 1.15. The number of sulfone groups is 1. The summed E-state index contributed by atoms with van der Waals surface area (Å²) in [5.41, 5.74) is 1.03. The van der Waals surface area contributed by atoms with Gasteiger partial charge >= 0.3 is 0 Å². The van der Waals surface area contributed by atoms with Crippen molar-refractivity contribution in [1.82, 2.24) is 9.97 Å². The van der Waals surface area contributed by atoms with Gasteiger partial charge in [0, 0.05) is 6.26 Å². The van der Waals surface area contributed by atoms with Gasteiger partial charge in [0.05, 0.1) is 10.4 Å². The van der Waals surface area contributed by atoms with Crippen molar-refractivity contribution >= 4 is 32.5 Å². The van der Waals surface area contributed by atoms with E-state index in [2.05, 4.69) is 9.97 Å². The lowest BCUT2D eigenvalue weighted by molar-refractivity contribution is 0.580. The highest BCUT2D eigenvalue weighted by Crippen LogP contribution is 2.27. The number of aromatic nitrogens is 2. The monoisotopic (exact) mass is 296 g/mol. The minimum Gasteiger partial charge on any atom is -0.441 e.